The molecule has 0 atom stereocenters. The lowest BCUT2D eigenvalue weighted by Crippen LogP contribution is -1.87. The predicted molar refractivity (Wildman–Crippen MR) is 59.4 cm³/mol. The minimum absolute atomic E-state index is 0.0548. The van der Waals surface area contributed by atoms with E-state index in [1.54, 1.807) is 6.07 Å². The Bertz CT molecular complexity index is 468. The van der Waals surface area contributed by atoms with Gasteiger partial charge in [-0.1, -0.05) is 23.2 Å². The van der Waals surface area contributed by atoms with E-state index >= 15 is 0 Å². The molecule has 2 aromatic rings. The highest BCUT2D eigenvalue weighted by Crippen LogP contribution is 2.32. The number of nitrogens with zero attached hydrogens (tertiary/aromatic N) is 1. The third-order valence-electron chi connectivity index (χ3n) is 1.82. The van der Waals surface area contributed by atoms with Crippen LogP contribution in [0.25, 0.3) is 10.9 Å². The quantitative estimate of drug-likeness (QED) is 0.700. The first-order chi connectivity index (χ1) is 6.61. The highest BCUT2D eigenvalue weighted by Gasteiger charge is 2.10. The smallest absolute Gasteiger partial charge is 0.168 e. The van der Waals surface area contributed by atoms with Crippen molar-refractivity contribution in [1.82, 2.24) is 4.98 Å². The Morgan fingerprint density at radius 2 is 1.93 bits per heavy atom. The third kappa shape index (κ3) is 1.49. The number of halogens is 4. The van der Waals surface area contributed by atoms with E-state index in [0.29, 0.717) is 14.9 Å². The third-order valence-corrected chi connectivity index (χ3v) is 3.48. The molecule has 0 unspecified atom stereocenters. The molecular formula is C9H3BrCl2FN. The number of benzene rings is 1. The van der Waals surface area contributed by atoms with Gasteiger partial charge < -0.3 is 0 Å². The summed E-state index contributed by atoms with van der Waals surface area (Å²) in [7, 11) is 0. The van der Waals surface area contributed by atoms with E-state index < -0.39 is 5.82 Å². The second-order valence-corrected chi connectivity index (χ2v) is 4.29. The number of hydrogen-bond donors (Lipinski definition) is 0. The van der Waals surface area contributed by atoms with Gasteiger partial charge in [0.15, 0.2) is 5.82 Å². The maximum atomic E-state index is 13.5. The van der Waals surface area contributed by atoms with Crippen LogP contribution in [0.5, 0.6) is 0 Å². The molecule has 0 amide bonds. The van der Waals surface area contributed by atoms with Crippen molar-refractivity contribution in [3.63, 3.8) is 0 Å². The minimum atomic E-state index is -0.526. The van der Waals surface area contributed by atoms with Crippen molar-refractivity contribution < 1.29 is 4.39 Å². The normalized spacial score (nSPS) is 10.9. The van der Waals surface area contributed by atoms with Gasteiger partial charge >= 0.3 is 0 Å². The molecule has 0 radical (unpaired) electrons. The first kappa shape index (κ1) is 10.1. The molecule has 0 saturated heterocycles. The Morgan fingerprint density at radius 1 is 1.21 bits per heavy atom. The van der Waals surface area contributed by atoms with Crippen molar-refractivity contribution in [1.29, 1.82) is 0 Å². The van der Waals surface area contributed by atoms with E-state index in [1.807, 2.05) is 0 Å². The van der Waals surface area contributed by atoms with Crippen LogP contribution in [0.3, 0.4) is 0 Å². The summed E-state index contributed by atoms with van der Waals surface area (Å²) < 4.78 is 14.1. The Balaban J connectivity index is 2.94. The van der Waals surface area contributed by atoms with E-state index in [0.717, 1.165) is 0 Å². The van der Waals surface area contributed by atoms with Crippen molar-refractivity contribution >= 4 is 50.0 Å². The van der Waals surface area contributed by atoms with Gasteiger partial charge in [0.05, 0.1) is 10.0 Å². The standard InChI is InChI=1S/C9H3BrCl2FN/c10-7-4-1-2-5(11)8(13)9(4)14-3-6(7)12/h1-3H. The van der Waals surface area contributed by atoms with Gasteiger partial charge in [0.1, 0.15) is 5.52 Å². The lowest BCUT2D eigenvalue weighted by atomic mass is 10.2. The van der Waals surface area contributed by atoms with Gasteiger partial charge in [-0.3, -0.25) is 4.98 Å². The molecule has 0 bridgehead atoms. The van der Waals surface area contributed by atoms with Gasteiger partial charge in [-0.2, -0.15) is 0 Å². The fraction of sp³-hybridized carbons (Fsp3) is 0. The second-order valence-electron chi connectivity index (χ2n) is 2.68. The number of pyridine rings is 1. The lowest BCUT2D eigenvalue weighted by molar-refractivity contribution is 0.637. The van der Waals surface area contributed by atoms with E-state index in [4.69, 9.17) is 23.2 Å². The molecule has 1 aromatic carbocycles. The molecule has 0 N–H and O–H groups in total. The largest absolute Gasteiger partial charge is 0.251 e. The van der Waals surface area contributed by atoms with Crippen molar-refractivity contribution in [3.05, 3.63) is 38.7 Å². The summed E-state index contributed by atoms with van der Waals surface area (Å²) in [5.74, 6) is -0.526. The zero-order valence-electron chi connectivity index (χ0n) is 6.69. The summed E-state index contributed by atoms with van der Waals surface area (Å²) in [4.78, 5) is 3.88. The minimum Gasteiger partial charge on any atom is -0.251 e. The molecule has 0 saturated carbocycles. The van der Waals surface area contributed by atoms with Crippen molar-refractivity contribution in [3.8, 4) is 0 Å². The van der Waals surface area contributed by atoms with Crippen LogP contribution in [0, 0.1) is 5.82 Å². The average Bonchev–Trinajstić information content (AvgIpc) is 2.17. The predicted octanol–water partition coefficient (Wildman–Crippen LogP) is 4.44. The maximum Gasteiger partial charge on any atom is 0.168 e. The molecule has 14 heavy (non-hydrogen) atoms. The summed E-state index contributed by atoms with van der Waals surface area (Å²) >= 11 is 14.7. The molecule has 1 heterocycles. The first-order valence-electron chi connectivity index (χ1n) is 3.69. The molecule has 0 aliphatic carbocycles. The summed E-state index contributed by atoms with van der Waals surface area (Å²) in [6.07, 6.45) is 1.38. The fourth-order valence-electron chi connectivity index (χ4n) is 1.15. The average molecular weight is 295 g/mol. The maximum absolute atomic E-state index is 13.5. The van der Waals surface area contributed by atoms with Crippen LogP contribution >= 0.6 is 39.1 Å². The first-order valence-corrected chi connectivity index (χ1v) is 5.24. The number of rotatable bonds is 0. The highest BCUT2D eigenvalue weighted by molar-refractivity contribution is 9.10. The van der Waals surface area contributed by atoms with Crippen LogP contribution in [0.2, 0.25) is 10.0 Å². The van der Waals surface area contributed by atoms with E-state index in [1.165, 1.54) is 12.3 Å². The monoisotopic (exact) mass is 293 g/mol. The van der Waals surface area contributed by atoms with Gasteiger partial charge in [0.25, 0.3) is 0 Å². The van der Waals surface area contributed by atoms with Crippen LogP contribution < -0.4 is 0 Å². The van der Waals surface area contributed by atoms with Crippen LogP contribution in [-0.4, -0.2) is 4.98 Å². The van der Waals surface area contributed by atoms with Gasteiger partial charge in [-0.25, -0.2) is 4.39 Å². The van der Waals surface area contributed by atoms with Crippen LogP contribution in [0.15, 0.2) is 22.8 Å². The molecule has 5 heteroatoms. The van der Waals surface area contributed by atoms with E-state index in [-0.39, 0.29) is 10.5 Å². The molecule has 0 aliphatic rings. The van der Waals surface area contributed by atoms with Crippen molar-refractivity contribution in [2.24, 2.45) is 0 Å². The zero-order valence-corrected chi connectivity index (χ0v) is 9.79. The topological polar surface area (TPSA) is 12.9 Å². The Hall–Kier alpha value is -0.380. The zero-order chi connectivity index (χ0) is 10.3. The van der Waals surface area contributed by atoms with Gasteiger partial charge in [-0.05, 0) is 28.1 Å². The van der Waals surface area contributed by atoms with Crippen LogP contribution in [-0.2, 0) is 0 Å². The second kappa shape index (κ2) is 3.65. The van der Waals surface area contributed by atoms with Crippen LogP contribution in [0.4, 0.5) is 4.39 Å². The fourth-order valence-corrected chi connectivity index (χ4v) is 1.88. The molecule has 72 valence electrons. The van der Waals surface area contributed by atoms with E-state index in [2.05, 4.69) is 20.9 Å². The van der Waals surface area contributed by atoms with Crippen LogP contribution in [0.1, 0.15) is 0 Å². The van der Waals surface area contributed by atoms with Gasteiger partial charge in [0.2, 0.25) is 0 Å². The number of fused-ring (bicyclic) bond motifs is 1. The molecule has 1 nitrogen and oxygen atoms in total. The van der Waals surface area contributed by atoms with Gasteiger partial charge in [-0.15, -0.1) is 0 Å². The van der Waals surface area contributed by atoms with Crippen molar-refractivity contribution in [2.45, 2.75) is 0 Å². The summed E-state index contributed by atoms with van der Waals surface area (Å²) in [5.41, 5.74) is 0.216. The van der Waals surface area contributed by atoms with Gasteiger partial charge in [0, 0.05) is 16.1 Å². The summed E-state index contributed by atoms with van der Waals surface area (Å²) in [6.45, 7) is 0. The molecule has 0 aliphatic heterocycles. The summed E-state index contributed by atoms with van der Waals surface area (Å²) in [5, 5.41) is 1.11. The molecule has 1 aromatic heterocycles. The summed E-state index contributed by atoms with van der Waals surface area (Å²) in [6, 6.07) is 3.14. The number of aromatic nitrogens is 1. The van der Waals surface area contributed by atoms with E-state index in [9.17, 15) is 4.39 Å². The Kier molecular flexibility index (Phi) is 2.64. The highest BCUT2D eigenvalue weighted by atomic mass is 79.9. The Labute approximate surface area is 98.0 Å². The molecule has 2 rings (SSSR count). The Morgan fingerprint density at radius 3 is 2.64 bits per heavy atom. The molecular weight excluding hydrogens is 292 g/mol. The molecule has 0 spiro atoms. The van der Waals surface area contributed by atoms with Crippen molar-refractivity contribution in [2.75, 3.05) is 0 Å². The lowest BCUT2D eigenvalue weighted by Gasteiger charge is -2.03. The number of hydrogen-bond acceptors (Lipinski definition) is 1. The molecule has 0 fully saturated rings. The SMILES string of the molecule is Fc1c(Cl)ccc2c(Br)c(Cl)cnc12.